The molecule has 0 amide bonds. The summed E-state index contributed by atoms with van der Waals surface area (Å²) in [5.74, 6) is 1.41. The predicted octanol–water partition coefficient (Wildman–Crippen LogP) is 3.58. The summed E-state index contributed by atoms with van der Waals surface area (Å²) in [6, 6.07) is 9.59. The highest BCUT2D eigenvalue weighted by molar-refractivity contribution is 6.30. The van der Waals surface area contributed by atoms with Crippen LogP contribution in [0.3, 0.4) is 0 Å². The average Bonchev–Trinajstić information content (AvgIpc) is 2.37. The number of aryl methyl sites for hydroxylation is 1. The Bertz CT molecular complexity index is 506. The molecule has 94 valence electrons. The molecule has 0 aliphatic heterocycles. The number of hydrogen-bond acceptors (Lipinski definition) is 3. The molecule has 0 unspecified atom stereocenters. The molecule has 2 aromatic rings. The lowest BCUT2D eigenvalue weighted by atomic mass is 10.2. The van der Waals surface area contributed by atoms with Crippen molar-refractivity contribution in [1.29, 1.82) is 0 Å². The van der Waals surface area contributed by atoms with Gasteiger partial charge in [-0.2, -0.15) is 0 Å². The Kier molecular flexibility index (Phi) is 4.15. The quantitative estimate of drug-likeness (QED) is 0.790. The van der Waals surface area contributed by atoms with E-state index in [0.29, 0.717) is 17.6 Å². The van der Waals surface area contributed by atoms with Gasteiger partial charge in [-0.1, -0.05) is 36.7 Å². The first kappa shape index (κ1) is 12.8. The molecule has 18 heavy (non-hydrogen) atoms. The number of aromatic nitrogens is 2. The Morgan fingerprint density at radius 3 is 2.50 bits per heavy atom. The summed E-state index contributed by atoms with van der Waals surface area (Å²) < 4.78 is 5.59. The molecule has 0 bridgehead atoms. The van der Waals surface area contributed by atoms with Crippen molar-refractivity contribution in [2.45, 2.75) is 26.9 Å². The lowest BCUT2D eigenvalue weighted by Crippen LogP contribution is -2.06. The number of rotatable bonds is 4. The van der Waals surface area contributed by atoms with Gasteiger partial charge >= 0.3 is 0 Å². The molecule has 0 atom stereocenters. The van der Waals surface area contributed by atoms with Gasteiger partial charge in [0.1, 0.15) is 17.5 Å². The van der Waals surface area contributed by atoms with Crippen LogP contribution in [0.15, 0.2) is 30.3 Å². The molecular formula is C14H15ClN2O. The zero-order chi connectivity index (χ0) is 13.0. The van der Waals surface area contributed by atoms with Crippen molar-refractivity contribution >= 4 is 11.6 Å². The van der Waals surface area contributed by atoms with Crippen LogP contribution in [0.5, 0.6) is 5.75 Å². The van der Waals surface area contributed by atoms with Gasteiger partial charge < -0.3 is 4.74 Å². The van der Waals surface area contributed by atoms with Crippen LogP contribution >= 0.6 is 11.6 Å². The Balaban J connectivity index is 2.11. The molecule has 1 heterocycles. The fourth-order valence-electron chi connectivity index (χ4n) is 1.75. The number of ether oxygens (including phenoxy) is 1. The standard InChI is InChI=1S/C14H15ClN2O/c1-3-12-10(2)16-13(17-14(12)15)9-18-11-7-5-4-6-8-11/h4-8H,3,9H2,1-2H3. The third kappa shape index (κ3) is 2.99. The fraction of sp³-hybridized carbons (Fsp3) is 0.286. The van der Waals surface area contributed by atoms with Gasteiger partial charge in [0, 0.05) is 11.3 Å². The first-order valence-electron chi connectivity index (χ1n) is 5.90. The highest BCUT2D eigenvalue weighted by Crippen LogP contribution is 2.18. The van der Waals surface area contributed by atoms with Crippen molar-refractivity contribution in [3.8, 4) is 5.75 Å². The van der Waals surface area contributed by atoms with Gasteiger partial charge in [-0.15, -0.1) is 0 Å². The van der Waals surface area contributed by atoms with Crippen molar-refractivity contribution in [3.05, 3.63) is 52.6 Å². The van der Waals surface area contributed by atoms with E-state index in [-0.39, 0.29) is 0 Å². The second kappa shape index (κ2) is 5.83. The maximum Gasteiger partial charge on any atom is 0.167 e. The number of benzene rings is 1. The van der Waals surface area contributed by atoms with Crippen molar-refractivity contribution in [2.24, 2.45) is 0 Å². The van der Waals surface area contributed by atoms with Gasteiger partial charge in [-0.25, -0.2) is 9.97 Å². The van der Waals surface area contributed by atoms with Crippen molar-refractivity contribution in [2.75, 3.05) is 0 Å². The third-order valence-electron chi connectivity index (χ3n) is 2.67. The number of halogens is 1. The van der Waals surface area contributed by atoms with Crippen molar-refractivity contribution in [1.82, 2.24) is 9.97 Å². The van der Waals surface area contributed by atoms with Gasteiger partial charge in [0.25, 0.3) is 0 Å². The first-order chi connectivity index (χ1) is 8.70. The largest absolute Gasteiger partial charge is 0.486 e. The normalized spacial score (nSPS) is 10.4. The minimum absolute atomic E-state index is 0.328. The summed E-state index contributed by atoms with van der Waals surface area (Å²) in [4.78, 5) is 8.65. The van der Waals surface area contributed by atoms with E-state index >= 15 is 0 Å². The number of nitrogens with zero attached hydrogens (tertiary/aromatic N) is 2. The molecule has 1 aromatic carbocycles. The van der Waals surface area contributed by atoms with E-state index in [1.807, 2.05) is 44.2 Å². The Hall–Kier alpha value is -1.61. The average molecular weight is 263 g/mol. The van der Waals surface area contributed by atoms with E-state index < -0.39 is 0 Å². The summed E-state index contributed by atoms with van der Waals surface area (Å²) in [5.41, 5.74) is 1.92. The molecular weight excluding hydrogens is 248 g/mol. The zero-order valence-electron chi connectivity index (χ0n) is 10.5. The van der Waals surface area contributed by atoms with E-state index in [9.17, 15) is 0 Å². The highest BCUT2D eigenvalue weighted by atomic mass is 35.5. The topological polar surface area (TPSA) is 35.0 Å². The lowest BCUT2D eigenvalue weighted by Gasteiger charge is -2.09. The summed E-state index contributed by atoms with van der Waals surface area (Å²) >= 11 is 6.11. The minimum Gasteiger partial charge on any atom is -0.486 e. The second-order valence-corrected chi connectivity index (χ2v) is 4.31. The molecule has 0 aliphatic carbocycles. The maximum absolute atomic E-state index is 6.11. The van der Waals surface area contributed by atoms with E-state index in [2.05, 4.69) is 9.97 Å². The molecule has 2 rings (SSSR count). The smallest absolute Gasteiger partial charge is 0.167 e. The van der Waals surface area contributed by atoms with Gasteiger partial charge in [0.05, 0.1) is 0 Å². The molecule has 0 spiro atoms. The monoisotopic (exact) mass is 262 g/mol. The van der Waals surface area contributed by atoms with Crippen LogP contribution in [0.1, 0.15) is 24.0 Å². The van der Waals surface area contributed by atoms with Crippen molar-refractivity contribution in [3.63, 3.8) is 0 Å². The molecule has 4 heteroatoms. The third-order valence-corrected chi connectivity index (χ3v) is 2.99. The predicted molar refractivity (Wildman–Crippen MR) is 71.9 cm³/mol. The van der Waals surface area contributed by atoms with E-state index in [4.69, 9.17) is 16.3 Å². The minimum atomic E-state index is 0.328. The lowest BCUT2D eigenvalue weighted by molar-refractivity contribution is 0.295. The highest BCUT2D eigenvalue weighted by Gasteiger charge is 2.08. The Labute approximate surface area is 112 Å². The van der Waals surface area contributed by atoms with E-state index in [1.54, 1.807) is 0 Å². The first-order valence-corrected chi connectivity index (χ1v) is 6.28. The van der Waals surface area contributed by atoms with Gasteiger partial charge in [-0.05, 0) is 25.5 Å². The molecule has 0 radical (unpaired) electrons. The van der Waals surface area contributed by atoms with Crippen LogP contribution in [0.2, 0.25) is 5.15 Å². The fourth-order valence-corrected chi connectivity index (χ4v) is 2.11. The van der Waals surface area contributed by atoms with Gasteiger partial charge in [0.2, 0.25) is 0 Å². The number of hydrogen-bond donors (Lipinski definition) is 0. The molecule has 0 saturated carbocycles. The number of para-hydroxylation sites is 1. The van der Waals surface area contributed by atoms with Gasteiger partial charge in [0.15, 0.2) is 5.82 Å². The van der Waals surface area contributed by atoms with Crippen molar-refractivity contribution < 1.29 is 4.74 Å². The van der Waals surface area contributed by atoms with Crippen LogP contribution in [0.4, 0.5) is 0 Å². The zero-order valence-corrected chi connectivity index (χ0v) is 11.2. The van der Waals surface area contributed by atoms with E-state index in [0.717, 1.165) is 23.4 Å². The Morgan fingerprint density at radius 2 is 1.89 bits per heavy atom. The summed E-state index contributed by atoms with van der Waals surface area (Å²) in [6.45, 7) is 4.31. The Morgan fingerprint density at radius 1 is 1.17 bits per heavy atom. The SMILES string of the molecule is CCc1c(C)nc(COc2ccccc2)nc1Cl. The van der Waals surface area contributed by atoms with Crippen LogP contribution in [0.25, 0.3) is 0 Å². The molecule has 3 nitrogen and oxygen atoms in total. The summed E-state index contributed by atoms with van der Waals surface area (Å²) in [5, 5.41) is 0.525. The second-order valence-electron chi connectivity index (χ2n) is 3.95. The van der Waals surface area contributed by atoms with E-state index in [1.165, 1.54) is 0 Å². The maximum atomic E-state index is 6.11. The van der Waals surface area contributed by atoms with Crippen LogP contribution in [-0.4, -0.2) is 9.97 Å². The van der Waals surface area contributed by atoms with Crippen LogP contribution in [0, 0.1) is 6.92 Å². The van der Waals surface area contributed by atoms with Crippen LogP contribution in [-0.2, 0) is 13.0 Å². The molecule has 1 aromatic heterocycles. The molecule has 0 aliphatic rings. The van der Waals surface area contributed by atoms with Gasteiger partial charge in [-0.3, -0.25) is 0 Å². The molecule has 0 saturated heterocycles. The van der Waals surface area contributed by atoms with Crippen LogP contribution < -0.4 is 4.74 Å². The summed E-state index contributed by atoms with van der Waals surface area (Å²) in [6.07, 6.45) is 0.838. The molecule has 0 N–H and O–H groups in total. The molecule has 0 fully saturated rings. The summed E-state index contributed by atoms with van der Waals surface area (Å²) in [7, 11) is 0.